The second-order valence-electron chi connectivity index (χ2n) is 6.29. The molecule has 0 bridgehead atoms. The molecular formula is C20H22FN3O2S. The van der Waals surface area contributed by atoms with Gasteiger partial charge in [0.25, 0.3) is 5.91 Å². The van der Waals surface area contributed by atoms with Gasteiger partial charge >= 0.3 is 0 Å². The maximum atomic E-state index is 12.9. The monoisotopic (exact) mass is 387 g/mol. The third-order valence-corrected chi connectivity index (χ3v) is 5.24. The number of thioether (sulfide) groups is 1. The van der Waals surface area contributed by atoms with Gasteiger partial charge in [0, 0.05) is 43.2 Å². The maximum absolute atomic E-state index is 12.9. The number of rotatable bonds is 6. The molecule has 2 aromatic rings. The molecule has 0 atom stereocenters. The summed E-state index contributed by atoms with van der Waals surface area (Å²) >= 11 is 1.49. The van der Waals surface area contributed by atoms with E-state index < -0.39 is 0 Å². The molecule has 1 aliphatic rings. The van der Waals surface area contributed by atoms with Crippen molar-refractivity contribution >= 4 is 29.3 Å². The van der Waals surface area contributed by atoms with Crippen LogP contribution in [0.4, 0.5) is 10.1 Å². The molecule has 27 heavy (non-hydrogen) atoms. The number of amides is 2. The first kappa shape index (κ1) is 19.4. The minimum absolute atomic E-state index is 0.0642. The third-order valence-electron chi connectivity index (χ3n) is 4.23. The van der Waals surface area contributed by atoms with Gasteiger partial charge in [-0.1, -0.05) is 12.1 Å². The summed E-state index contributed by atoms with van der Waals surface area (Å²) in [6.45, 7) is 3.14. The lowest BCUT2D eigenvalue weighted by atomic mass is 10.1. The van der Waals surface area contributed by atoms with Gasteiger partial charge in [0.05, 0.1) is 5.75 Å². The van der Waals surface area contributed by atoms with Crippen LogP contribution in [0.25, 0.3) is 0 Å². The molecule has 0 unspecified atom stereocenters. The van der Waals surface area contributed by atoms with E-state index in [-0.39, 0.29) is 17.6 Å². The van der Waals surface area contributed by atoms with E-state index in [4.69, 9.17) is 0 Å². The highest BCUT2D eigenvalue weighted by Crippen LogP contribution is 2.15. The number of piperazine rings is 1. The zero-order chi connectivity index (χ0) is 19.1. The van der Waals surface area contributed by atoms with Crippen molar-refractivity contribution in [1.82, 2.24) is 10.2 Å². The standard InChI is InChI=1S/C20H22FN3O2S/c21-17-5-7-18(8-6-17)23-19(25)14-27-13-15-1-3-16(4-2-15)20(26)24-11-9-22-10-12-24/h1-8,22H,9-14H2,(H,23,25). The van der Waals surface area contributed by atoms with E-state index in [0.29, 0.717) is 22.8 Å². The van der Waals surface area contributed by atoms with Crippen LogP contribution < -0.4 is 10.6 Å². The molecule has 1 aliphatic heterocycles. The largest absolute Gasteiger partial charge is 0.336 e. The second kappa shape index (κ2) is 9.53. The third kappa shape index (κ3) is 5.80. The van der Waals surface area contributed by atoms with Crippen LogP contribution in [0.1, 0.15) is 15.9 Å². The Bertz CT molecular complexity index is 775. The number of anilines is 1. The molecule has 3 rings (SSSR count). The zero-order valence-corrected chi connectivity index (χ0v) is 15.7. The number of carbonyl (C=O) groups excluding carboxylic acids is 2. The van der Waals surface area contributed by atoms with Crippen molar-refractivity contribution in [2.75, 3.05) is 37.2 Å². The van der Waals surface area contributed by atoms with E-state index in [1.165, 1.54) is 36.0 Å². The number of hydrogen-bond donors (Lipinski definition) is 2. The molecule has 2 aromatic carbocycles. The molecule has 1 heterocycles. The van der Waals surface area contributed by atoms with Crippen LogP contribution in [0.3, 0.4) is 0 Å². The Balaban J connectivity index is 1.43. The van der Waals surface area contributed by atoms with Crippen molar-refractivity contribution in [1.29, 1.82) is 0 Å². The molecule has 2 amide bonds. The molecule has 0 radical (unpaired) electrons. The maximum Gasteiger partial charge on any atom is 0.253 e. The molecular weight excluding hydrogens is 365 g/mol. The van der Waals surface area contributed by atoms with Crippen molar-refractivity contribution in [3.63, 3.8) is 0 Å². The molecule has 0 aromatic heterocycles. The summed E-state index contributed by atoms with van der Waals surface area (Å²) < 4.78 is 12.9. The van der Waals surface area contributed by atoms with Gasteiger partial charge in [-0.3, -0.25) is 9.59 Å². The van der Waals surface area contributed by atoms with Crippen LogP contribution >= 0.6 is 11.8 Å². The van der Waals surface area contributed by atoms with Gasteiger partial charge < -0.3 is 15.5 Å². The van der Waals surface area contributed by atoms with Crippen LogP contribution in [0.5, 0.6) is 0 Å². The summed E-state index contributed by atoms with van der Waals surface area (Å²) in [7, 11) is 0. The lowest BCUT2D eigenvalue weighted by Gasteiger charge is -2.27. The first-order valence-electron chi connectivity index (χ1n) is 8.84. The molecule has 142 valence electrons. The van der Waals surface area contributed by atoms with Crippen LogP contribution in [0.15, 0.2) is 48.5 Å². The van der Waals surface area contributed by atoms with Crippen molar-refractivity contribution in [2.45, 2.75) is 5.75 Å². The highest BCUT2D eigenvalue weighted by molar-refractivity contribution is 7.99. The summed E-state index contributed by atoms with van der Waals surface area (Å²) in [5.74, 6) is 0.588. The Labute approximate surface area is 162 Å². The Hall–Kier alpha value is -2.38. The van der Waals surface area contributed by atoms with Crippen LogP contribution in [0.2, 0.25) is 0 Å². The van der Waals surface area contributed by atoms with Gasteiger partial charge in [-0.2, -0.15) is 0 Å². The minimum atomic E-state index is -0.332. The number of nitrogens with zero attached hydrogens (tertiary/aromatic N) is 1. The van der Waals surface area contributed by atoms with E-state index >= 15 is 0 Å². The highest BCUT2D eigenvalue weighted by atomic mass is 32.2. The van der Waals surface area contributed by atoms with Gasteiger partial charge in [-0.25, -0.2) is 4.39 Å². The van der Waals surface area contributed by atoms with Crippen LogP contribution in [0, 0.1) is 5.82 Å². The average molecular weight is 387 g/mol. The van der Waals surface area contributed by atoms with Crippen LogP contribution in [-0.4, -0.2) is 48.6 Å². The Morgan fingerprint density at radius 3 is 2.37 bits per heavy atom. The number of carbonyl (C=O) groups is 2. The predicted octanol–water partition coefficient (Wildman–Crippen LogP) is 2.74. The SMILES string of the molecule is O=C(CSCc1ccc(C(=O)N2CCNCC2)cc1)Nc1ccc(F)cc1. The van der Waals surface area contributed by atoms with Gasteiger partial charge in [0.1, 0.15) is 5.82 Å². The molecule has 1 saturated heterocycles. The first-order valence-corrected chi connectivity index (χ1v) is 9.99. The zero-order valence-electron chi connectivity index (χ0n) is 14.9. The fourth-order valence-corrected chi connectivity index (χ4v) is 3.57. The fourth-order valence-electron chi connectivity index (χ4n) is 2.79. The number of hydrogen-bond acceptors (Lipinski definition) is 4. The van der Waals surface area contributed by atoms with E-state index in [1.807, 2.05) is 29.2 Å². The topological polar surface area (TPSA) is 61.4 Å². The van der Waals surface area contributed by atoms with E-state index in [9.17, 15) is 14.0 Å². The predicted molar refractivity (Wildman–Crippen MR) is 106 cm³/mol. The molecule has 5 nitrogen and oxygen atoms in total. The van der Waals surface area contributed by atoms with Gasteiger partial charge in [0.15, 0.2) is 0 Å². The normalized spacial score (nSPS) is 14.0. The van der Waals surface area contributed by atoms with Gasteiger partial charge in [-0.15, -0.1) is 11.8 Å². The fraction of sp³-hybridized carbons (Fsp3) is 0.300. The highest BCUT2D eigenvalue weighted by Gasteiger charge is 2.17. The first-order chi connectivity index (χ1) is 13.1. The number of benzene rings is 2. The lowest BCUT2D eigenvalue weighted by molar-refractivity contribution is -0.113. The average Bonchev–Trinajstić information content (AvgIpc) is 2.70. The van der Waals surface area contributed by atoms with E-state index in [0.717, 1.165) is 31.7 Å². The van der Waals surface area contributed by atoms with Crippen molar-refractivity contribution in [3.05, 3.63) is 65.5 Å². The van der Waals surface area contributed by atoms with Gasteiger partial charge in [-0.05, 0) is 42.0 Å². The van der Waals surface area contributed by atoms with Crippen molar-refractivity contribution in [3.8, 4) is 0 Å². The quantitative estimate of drug-likeness (QED) is 0.800. The molecule has 0 spiro atoms. The van der Waals surface area contributed by atoms with Crippen LogP contribution in [-0.2, 0) is 10.5 Å². The summed E-state index contributed by atoms with van der Waals surface area (Å²) in [5, 5.41) is 5.97. The summed E-state index contributed by atoms with van der Waals surface area (Å²) in [6.07, 6.45) is 0. The summed E-state index contributed by atoms with van der Waals surface area (Å²) in [5.41, 5.74) is 2.34. The second-order valence-corrected chi connectivity index (χ2v) is 7.27. The lowest BCUT2D eigenvalue weighted by Crippen LogP contribution is -2.46. The van der Waals surface area contributed by atoms with Crippen molar-refractivity contribution in [2.24, 2.45) is 0 Å². The summed E-state index contributed by atoms with van der Waals surface area (Å²) in [4.78, 5) is 26.2. The Kier molecular flexibility index (Phi) is 6.84. The van der Waals surface area contributed by atoms with Crippen molar-refractivity contribution < 1.29 is 14.0 Å². The summed E-state index contributed by atoms with van der Waals surface area (Å²) in [6, 6.07) is 13.2. The van der Waals surface area contributed by atoms with E-state index in [1.54, 1.807) is 0 Å². The molecule has 1 fully saturated rings. The smallest absolute Gasteiger partial charge is 0.253 e. The molecule has 0 aliphatic carbocycles. The van der Waals surface area contributed by atoms with E-state index in [2.05, 4.69) is 10.6 Å². The molecule has 7 heteroatoms. The molecule has 2 N–H and O–H groups in total. The minimum Gasteiger partial charge on any atom is -0.336 e. The Morgan fingerprint density at radius 1 is 1.04 bits per heavy atom. The Morgan fingerprint density at radius 2 is 1.70 bits per heavy atom. The molecule has 0 saturated carbocycles. The number of halogens is 1. The van der Waals surface area contributed by atoms with Gasteiger partial charge in [0.2, 0.25) is 5.91 Å². The number of nitrogens with one attached hydrogen (secondary N) is 2.